The van der Waals surface area contributed by atoms with Crippen LogP contribution >= 0.6 is 24.0 Å². The smallest absolute Gasteiger partial charge is 0.191 e. The maximum Gasteiger partial charge on any atom is 0.191 e. The molecule has 1 heterocycles. The zero-order chi connectivity index (χ0) is 12.6. The van der Waals surface area contributed by atoms with Crippen molar-refractivity contribution in [1.82, 2.24) is 15.6 Å². The van der Waals surface area contributed by atoms with Gasteiger partial charge in [0.15, 0.2) is 5.96 Å². The normalized spacial score (nSPS) is 15.9. The fraction of sp³-hybridized carbons (Fsp3) is 0.571. The van der Waals surface area contributed by atoms with Gasteiger partial charge >= 0.3 is 0 Å². The molecule has 106 valence electrons. The highest BCUT2D eigenvalue weighted by molar-refractivity contribution is 14.0. The van der Waals surface area contributed by atoms with Crippen molar-refractivity contribution < 1.29 is 0 Å². The highest BCUT2D eigenvalue weighted by Crippen LogP contribution is 2.17. The van der Waals surface area contributed by atoms with Crippen LogP contribution in [-0.2, 0) is 6.42 Å². The van der Waals surface area contributed by atoms with E-state index in [2.05, 4.69) is 26.7 Å². The van der Waals surface area contributed by atoms with Crippen molar-refractivity contribution >= 4 is 29.9 Å². The molecule has 1 aromatic heterocycles. The fourth-order valence-electron chi connectivity index (χ4n) is 2.31. The molecule has 0 bridgehead atoms. The average molecular weight is 374 g/mol. The monoisotopic (exact) mass is 374 g/mol. The van der Waals surface area contributed by atoms with Gasteiger partial charge in [0.05, 0.1) is 0 Å². The molecule has 4 nitrogen and oxygen atoms in total. The summed E-state index contributed by atoms with van der Waals surface area (Å²) >= 11 is 0. The molecule has 19 heavy (non-hydrogen) atoms. The number of aliphatic imine (C=N–C) groups is 1. The van der Waals surface area contributed by atoms with Gasteiger partial charge < -0.3 is 10.6 Å². The first kappa shape index (κ1) is 16.2. The maximum atomic E-state index is 4.30. The van der Waals surface area contributed by atoms with Crippen molar-refractivity contribution in [3.63, 3.8) is 0 Å². The number of hydrogen-bond donors (Lipinski definition) is 2. The third-order valence-electron chi connectivity index (χ3n) is 3.32. The van der Waals surface area contributed by atoms with E-state index in [0.717, 1.165) is 24.6 Å². The number of pyridine rings is 1. The molecular formula is C14H23IN4. The minimum atomic E-state index is 0. The molecule has 1 fully saturated rings. The zero-order valence-corrected chi connectivity index (χ0v) is 13.8. The second-order valence-corrected chi connectivity index (χ2v) is 4.70. The summed E-state index contributed by atoms with van der Waals surface area (Å²) in [7, 11) is 1.82. The first-order chi connectivity index (χ1) is 8.88. The van der Waals surface area contributed by atoms with E-state index < -0.39 is 0 Å². The molecule has 5 heteroatoms. The molecule has 0 amide bonds. The molecule has 0 aromatic carbocycles. The van der Waals surface area contributed by atoms with Crippen molar-refractivity contribution in [2.24, 2.45) is 4.99 Å². The molecule has 0 atom stereocenters. The zero-order valence-electron chi connectivity index (χ0n) is 11.4. The number of nitrogens with zero attached hydrogens (tertiary/aromatic N) is 2. The van der Waals surface area contributed by atoms with E-state index in [1.807, 2.05) is 25.4 Å². The number of aromatic nitrogens is 1. The van der Waals surface area contributed by atoms with Crippen LogP contribution in [0.4, 0.5) is 0 Å². The topological polar surface area (TPSA) is 49.3 Å². The molecule has 2 rings (SSSR count). The van der Waals surface area contributed by atoms with Gasteiger partial charge in [0.2, 0.25) is 0 Å². The Hall–Kier alpha value is -0.850. The predicted molar refractivity (Wildman–Crippen MR) is 90.1 cm³/mol. The van der Waals surface area contributed by atoms with Gasteiger partial charge in [0, 0.05) is 37.9 Å². The van der Waals surface area contributed by atoms with Gasteiger partial charge in [-0.05, 0) is 25.0 Å². The first-order valence-electron chi connectivity index (χ1n) is 6.75. The summed E-state index contributed by atoms with van der Waals surface area (Å²) in [5, 5.41) is 6.81. The lowest BCUT2D eigenvalue weighted by Gasteiger charge is -2.16. The second-order valence-electron chi connectivity index (χ2n) is 4.70. The van der Waals surface area contributed by atoms with Crippen LogP contribution in [0.15, 0.2) is 29.4 Å². The van der Waals surface area contributed by atoms with E-state index in [-0.39, 0.29) is 24.0 Å². The Bertz CT molecular complexity index is 374. The summed E-state index contributed by atoms with van der Waals surface area (Å²) in [4.78, 5) is 8.56. The van der Waals surface area contributed by atoms with Crippen LogP contribution in [0.25, 0.3) is 0 Å². The van der Waals surface area contributed by atoms with Gasteiger partial charge in [-0.2, -0.15) is 0 Å². The summed E-state index contributed by atoms with van der Waals surface area (Å²) in [5.74, 6) is 0.915. The summed E-state index contributed by atoms with van der Waals surface area (Å²) in [6.45, 7) is 0.864. The van der Waals surface area contributed by atoms with Crippen LogP contribution in [0.2, 0.25) is 0 Å². The average Bonchev–Trinajstić information content (AvgIpc) is 2.92. The third-order valence-corrected chi connectivity index (χ3v) is 3.32. The minimum Gasteiger partial charge on any atom is -0.356 e. The molecule has 0 spiro atoms. The molecule has 1 aliphatic carbocycles. The van der Waals surface area contributed by atoms with Crippen molar-refractivity contribution in [2.45, 2.75) is 38.1 Å². The van der Waals surface area contributed by atoms with Crippen LogP contribution in [-0.4, -0.2) is 30.6 Å². The summed E-state index contributed by atoms with van der Waals surface area (Å²) < 4.78 is 0. The molecule has 0 radical (unpaired) electrons. The van der Waals surface area contributed by atoms with Gasteiger partial charge in [-0.3, -0.25) is 9.98 Å². The van der Waals surface area contributed by atoms with Crippen molar-refractivity contribution in [3.8, 4) is 0 Å². The highest BCUT2D eigenvalue weighted by atomic mass is 127. The molecular weight excluding hydrogens is 351 g/mol. The van der Waals surface area contributed by atoms with Gasteiger partial charge in [-0.15, -0.1) is 24.0 Å². The van der Waals surface area contributed by atoms with Crippen molar-refractivity contribution in [3.05, 3.63) is 30.1 Å². The van der Waals surface area contributed by atoms with Crippen molar-refractivity contribution in [2.75, 3.05) is 13.6 Å². The summed E-state index contributed by atoms with van der Waals surface area (Å²) in [5.41, 5.74) is 1.11. The maximum absolute atomic E-state index is 4.30. The lowest BCUT2D eigenvalue weighted by molar-refractivity contribution is 0.613. The van der Waals surface area contributed by atoms with Gasteiger partial charge in [-0.1, -0.05) is 18.9 Å². The molecule has 1 aromatic rings. The number of nitrogens with one attached hydrogen (secondary N) is 2. The van der Waals surface area contributed by atoms with Crippen LogP contribution in [0, 0.1) is 0 Å². The van der Waals surface area contributed by atoms with Crippen LogP contribution in [0.3, 0.4) is 0 Å². The first-order valence-corrected chi connectivity index (χ1v) is 6.75. The molecule has 1 aliphatic rings. The summed E-state index contributed by atoms with van der Waals surface area (Å²) in [6, 6.07) is 6.62. The Labute approximate surface area is 132 Å². The largest absolute Gasteiger partial charge is 0.356 e. The number of rotatable bonds is 4. The van der Waals surface area contributed by atoms with Crippen LogP contribution in [0.1, 0.15) is 31.4 Å². The number of guanidine groups is 1. The lowest BCUT2D eigenvalue weighted by atomic mass is 10.2. The van der Waals surface area contributed by atoms with Crippen LogP contribution in [0.5, 0.6) is 0 Å². The Morgan fingerprint density at radius 3 is 2.79 bits per heavy atom. The summed E-state index contributed by atoms with van der Waals surface area (Å²) in [6.07, 6.45) is 7.96. The van der Waals surface area contributed by atoms with Crippen LogP contribution < -0.4 is 10.6 Å². The predicted octanol–water partition coefficient (Wildman–Crippen LogP) is 2.35. The lowest BCUT2D eigenvalue weighted by Crippen LogP contribution is -2.43. The van der Waals surface area contributed by atoms with Gasteiger partial charge in [-0.25, -0.2) is 0 Å². The van der Waals surface area contributed by atoms with E-state index in [4.69, 9.17) is 0 Å². The SMILES string of the molecule is CN=C(NCCc1ccccn1)NC1CCCC1.I. The molecule has 0 saturated heterocycles. The second kappa shape index (κ2) is 9.12. The van der Waals surface area contributed by atoms with Crippen molar-refractivity contribution in [1.29, 1.82) is 0 Å². The fourth-order valence-corrected chi connectivity index (χ4v) is 2.31. The quantitative estimate of drug-likeness (QED) is 0.483. The molecule has 2 N–H and O–H groups in total. The van der Waals surface area contributed by atoms with E-state index >= 15 is 0 Å². The minimum absolute atomic E-state index is 0. The molecule has 0 aliphatic heterocycles. The number of hydrogen-bond acceptors (Lipinski definition) is 2. The van der Waals surface area contributed by atoms with Gasteiger partial charge in [0.1, 0.15) is 0 Å². The Balaban J connectivity index is 0.00000180. The molecule has 0 unspecified atom stereocenters. The highest BCUT2D eigenvalue weighted by Gasteiger charge is 2.15. The standard InChI is InChI=1S/C14H22N4.HI/c1-15-14(18-13-7-2-3-8-13)17-11-9-12-6-4-5-10-16-12;/h4-6,10,13H,2-3,7-9,11H2,1H3,(H2,15,17,18);1H. The molecule has 1 saturated carbocycles. The van der Waals surface area contributed by atoms with E-state index in [1.165, 1.54) is 25.7 Å². The van der Waals surface area contributed by atoms with E-state index in [0.29, 0.717) is 6.04 Å². The van der Waals surface area contributed by atoms with Gasteiger partial charge in [0.25, 0.3) is 0 Å². The third kappa shape index (κ3) is 5.76. The van der Waals surface area contributed by atoms with E-state index in [1.54, 1.807) is 0 Å². The van der Waals surface area contributed by atoms with E-state index in [9.17, 15) is 0 Å². The number of halogens is 1. The Kier molecular flexibility index (Phi) is 7.78. The Morgan fingerprint density at radius 2 is 2.16 bits per heavy atom. The Morgan fingerprint density at radius 1 is 1.37 bits per heavy atom.